The van der Waals surface area contributed by atoms with Gasteiger partial charge in [-0.2, -0.15) is 15.4 Å². The number of fused-ring (bicyclic) bond motifs is 1. The van der Waals surface area contributed by atoms with Gasteiger partial charge in [0, 0.05) is 11.6 Å². The van der Waals surface area contributed by atoms with Gasteiger partial charge in [0.15, 0.2) is 0 Å². The lowest BCUT2D eigenvalue weighted by atomic mass is 9.87. The Kier molecular flexibility index (Phi) is 5.52. The molecule has 1 aromatic heterocycles. The molecule has 5 nitrogen and oxygen atoms in total. The molecule has 0 radical (unpaired) electrons. The van der Waals surface area contributed by atoms with E-state index in [1.54, 1.807) is 6.08 Å². The number of nitrogens with one attached hydrogen (secondary N) is 1. The summed E-state index contributed by atoms with van der Waals surface area (Å²) in [4.78, 5) is 10.8. The molecule has 30 heavy (non-hydrogen) atoms. The number of hydrogen-bond donors (Lipinski definition) is 2. The highest BCUT2D eigenvalue weighted by Gasteiger charge is 2.17. The first-order valence-electron chi connectivity index (χ1n) is 9.77. The summed E-state index contributed by atoms with van der Waals surface area (Å²) in [5.74, 6) is -0.963. The minimum atomic E-state index is -0.963. The molecule has 0 aliphatic heterocycles. The van der Waals surface area contributed by atoms with Crippen molar-refractivity contribution in [3.05, 3.63) is 101 Å². The lowest BCUT2D eigenvalue weighted by Crippen LogP contribution is -1.96. The molecule has 0 amide bonds. The van der Waals surface area contributed by atoms with Crippen LogP contribution < -0.4 is 0 Å². The fourth-order valence-corrected chi connectivity index (χ4v) is 3.65. The van der Waals surface area contributed by atoms with Crippen molar-refractivity contribution >= 4 is 34.2 Å². The molecule has 4 rings (SSSR count). The zero-order valence-corrected chi connectivity index (χ0v) is 16.5. The van der Waals surface area contributed by atoms with Crippen molar-refractivity contribution in [2.75, 3.05) is 0 Å². The van der Waals surface area contributed by atoms with Crippen LogP contribution in [0.15, 0.2) is 78.9 Å². The first-order valence-corrected chi connectivity index (χ1v) is 9.77. The van der Waals surface area contributed by atoms with E-state index in [-0.39, 0.29) is 0 Å². The number of carbonyl (C=O) groups is 1. The first kappa shape index (κ1) is 19.3. The maximum Gasteiger partial charge on any atom is 0.328 e. The molecule has 0 unspecified atom stereocenters. The lowest BCUT2D eigenvalue weighted by molar-refractivity contribution is -0.131. The average molecular weight is 395 g/mol. The minimum absolute atomic E-state index is 0.814. The molecule has 0 aliphatic rings. The topological polar surface area (TPSA) is 78.9 Å². The third kappa shape index (κ3) is 3.91. The van der Waals surface area contributed by atoms with Gasteiger partial charge in [-0.1, -0.05) is 73.7 Å². The number of carboxylic acid groups (broad SMARTS) is 1. The molecular weight excluding hydrogens is 374 g/mol. The van der Waals surface area contributed by atoms with Gasteiger partial charge in [0.25, 0.3) is 0 Å². The number of para-hydroxylation sites is 1. The van der Waals surface area contributed by atoms with Gasteiger partial charge in [0.2, 0.25) is 0 Å². The van der Waals surface area contributed by atoms with Crippen LogP contribution in [0.1, 0.15) is 35.6 Å². The largest absolute Gasteiger partial charge is 0.478 e. The molecule has 0 fully saturated rings. The maximum absolute atomic E-state index is 10.8. The van der Waals surface area contributed by atoms with E-state index in [1.165, 1.54) is 5.57 Å². The van der Waals surface area contributed by atoms with Crippen LogP contribution >= 0.6 is 0 Å². The number of nitrogens with zero attached hydrogens (tertiary/aromatic N) is 2. The Bertz CT molecular complexity index is 1240. The first-order chi connectivity index (χ1) is 14.7. The molecule has 2 N–H and O–H groups in total. The van der Waals surface area contributed by atoms with Crippen molar-refractivity contribution in [1.82, 2.24) is 15.4 Å². The normalized spacial score (nSPS) is 12.3. The SMILES string of the molecule is CCC(=C(c1ccc(C=CC(=O)O)cc1)c1cccc2n[nH]nc12)c1ccccc1. The van der Waals surface area contributed by atoms with Crippen LogP contribution in [-0.4, -0.2) is 26.5 Å². The Labute approximate surface area is 174 Å². The highest BCUT2D eigenvalue weighted by atomic mass is 16.4. The predicted molar refractivity (Wildman–Crippen MR) is 120 cm³/mol. The number of aromatic amines is 1. The summed E-state index contributed by atoms with van der Waals surface area (Å²) in [6.07, 6.45) is 3.57. The van der Waals surface area contributed by atoms with Crippen molar-refractivity contribution in [1.29, 1.82) is 0 Å². The van der Waals surface area contributed by atoms with E-state index in [0.29, 0.717) is 0 Å². The van der Waals surface area contributed by atoms with Crippen LogP contribution in [0.25, 0.3) is 28.3 Å². The Balaban J connectivity index is 1.94. The number of aliphatic carboxylic acids is 1. The van der Waals surface area contributed by atoms with E-state index in [9.17, 15) is 4.79 Å². The van der Waals surface area contributed by atoms with Crippen molar-refractivity contribution < 1.29 is 9.90 Å². The molecule has 0 saturated heterocycles. The fourth-order valence-electron chi connectivity index (χ4n) is 3.65. The summed E-state index contributed by atoms with van der Waals surface area (Å²) < 4.78 is 0. The number of rotatable bonds is 6. The van der Waals surface area contributed by atoms with Crippen LogP contribution in [0.2, 0.25) is 0 Å². The van der Waals surface area contributed by atoms with Gasteiger partial charge in [-0.15, -0.1) is 0 Å². The third-order valence-electron chi connectivity index (χ3n) is 5.01. The van der Waals surface area contributed by atoms with Gasteiger partial charge in [0.1, 0.15) is 11.0 Å². The molecule has 3 aromatic carbocycles. The maximum atomic E-state index is 10.8. The van der Waals surface area contributed by atoms with E-state index < -0.39 is 5.97 Å². The summed E-state index contributed by atoms with van der Waals surface area (Å²) in [7, 11) is 0. The van der Waals surface area contributed by atoms with Crippen LogP contribution in [0.5, 0.6) is 0 Å². The van der Waals surface area contributed by atoms with Gasteiger partial charge >= 0.3 is 5.97 Å². The Morgan fingerprint density at radius 2 is 1.70 bits per heavy atom. The second kappa shape index (κ2) is 8.57. The predicted octanol–water partition coefficient (Wildman–Crippen LogP) is 5.42. The molecule has 0 atom stereocenters. The second-order valence-corrected chi connectivity index (χ2v) is 6.86. The summed E-state index contributed by atoms with van der Waals surface area (Å²) >= 11 is 0. The van der Waals surface area contributed by atoms with E-state index in [0.717, 1.165) is 51.4 Å². The second-order valence-electron chi connectivity index (χ2n) is 6.86. The van der Waals surface area contributed by atoms with Crippen LogP contribution in [0, 0.1) is 0 Å². The van der Waals surface area contributed by atoms with Crippen LogP contribution in [0.3, 0.4) is 0 Å². The standard InChI is InChI=1S/C25H21N3O2/c1-2-20(18-7-4-3-5-8-18)24(21-9-6-10-22-25(21)27-28-26-22)19-14-11-17(12-15-19)13-16-23(29)30/h3-16H,2H2,1H3,(H,29,30)(H,26,27,28). The van der Waals surface area contributed by atoms with E-state index in [4.69, 9.17) is 5.11 Å². The molecule has 148 valence electrons. The van der Waals surface area contributed by atoms with Crippen LogP contribution in [-0.2, 0) is 4.79 Å². The molecule has 0 saturated carbocycles. The van der Waals surface area contributed by atoms with Gasteiger partial charge in [-0.05, 0) is 46.4 Å². The summed E-state index contributed by atoms with van der Waals surface area (Å²) in [5, 5.41) is 20.2. The monoisotopic (exact) mass is 395 g/mol. The highest BCUT2D eigenvalue weighted by molar-refractivity contribution is 6.04. The summed E-state index contributed by atoms with van der Waals surface area (Å²) in [5.41, 5.74) is 7.98. The number of carboxylic acids is 1. The van der Waals surface area contributed by atoms with Gasteiger partial charge in [0.05, 0.1) is 0 Å². The Morgan fingerprint density at radius 1 is 0.933 bits per heavy atom. The van der Waals surface area contributed by atoms with Crippen LogP contribution in [0.4, 0.5) is 0 Å². The number of allylic oxidation sites excluding steroid dienone is 1. The van der Waals surface area contributed by atoms with E-state index in [2.05, 4.69) is 40.5 Å². The highest BCUT2D eigenvalue weighted by Crippen LogP contribution is 2.36. The third-order valence-corrected chi connectivity index (χ3v) is 5.01. The smallest absolute Gasteiger partial charge is 0.328 e. The van der Waals surface area contributed by atoms with Crippen molar-refractivity contribution in [2.24, 2.45) is 0 Å². The zero-order chi connectivity index (χ0) is 20.9. The summed E-state index contributed by atoms with van der Waals surface area (Å²) in [6.45, 7) is 2.15. The van der Waals surface area contributed by atoms with Crippen molar-refractivity contribution in [3.8, 4) is 0 Å². The molecule has 5 heteroatoms. The van der Waals surface area contributed by atoms with Gasteiger partial charge in [-0.25, -0.2) is 4.79 Å². The minimum Gasteiger partial charge on any atom is -0.478 e. The average Bonchev–Trinajstić information content (AvgIpc) is 3.26. The molecule has 1 heterocycles. The van der Waals surface area contributed by atoms with E-state index >= 15 is 0 Å². The fraction of sp³-hybridized carbons (Fsp3) is 0.0800. The Morgan fingerprint density at radius 3 is 2.40 bits per heavy atom. The van der Waals surface area contributed by atoms with E-state index in [1.807, 2.05) is 54.6 Å². The molecule has 4 aromatic rings. The van der Waals surface area contributed by atoms with Crippen molar-refractivity contribution in [2.45, 2.75) is 13.3 Å². The molecule has 0 aliphatic carbocycles. The Hall–Kier alpha value is -3.99. The number of aromatic nitrogens is 3. The van der Waals surface area contributed by atoms with Crippen molar-refractivity contribution in [3.63, 3.8) is 0 Å². The number of hydrogen-bond acceptors (Lipinski definition) is 3. The quantitative estimate of drug-likeness (QED) is 0.337. The number of H-pyrrole nitrogens is 1. The molecule has 0 bridgehead atoms. The summed E-state index contributed by atoms with van der Waals surface area (Å²) in [6, 6.07) is 24.2. The zero-order valence-electron chi connectivity index (χ0n) is 16.5. The molecular formula is C25H21N3O2. The van der Waals surface area contributed by atoms with Gasteiger partial charge < -0.3 is 5.11 Å². The lowest BCUT2D eigenvalue weighted by Gasteiger charge is -2.16. The number of benzene rings is 3. The molecule has 0 spiro atoms. The van der Waals surface area contributed by atoms with Gasteiger partial charge in [-0.3, -0.25) is 0 Å².